The minimum atomic E-state index is -3.30. The zero-order chi connectivity index (χ0) is 13.0. The van der Waals surface area contributed by atoms with Crippen molar-refractivity contribution in [2.45, 2.75) is 24.6 Å². The summed E-state index contributed by atoms with van der Waals surface area (Å²) in [5.74, 6) is -0.0124. The van der Waals surface area contributed by atoms with E-state index >= 15 is 0 Å². The van der Waals surface area contributed by atoms with Gasteiger partial charge in [0, 0.05) is 24.3 Å². The number of ether oxygens (including phenoxy) is 1. The van der Waals surface area contributed by atoms with E-state index in [2.05, 4.69) is 4.72 Å². The maximum Gasteiger partial charge on any atom is 0.216 e. The molecule has 0 atom stereocenters. The molecule has 0 aliphatic carbocycles. The number of benzene rings is 1. The first-order chi connectivity index (χ1) is 8.55. The van der Waals surface area contributed by atoms with Gasteiger partial charge in [-0.2, -0.15) is 0 Å². The molecule has 0 amide bonds. The molecule has 0 spiro atoms. The zero-order valence-corrected chi connectivity index (χ0v) is 11.5. The Kier molecular flexibility index (Phi) is 4.61. The maximum absolute atomic E-state index is 12.0. The Labute approximate surface area is 112 Å². The van der Waals surface area contributed by atoms with Crippen molar-refractivity contribution in [3.05, 3.63) is 34.9 Å². The summed E-state index contributed by atoms with van der Waals surface area (Å²) in [7, 11) is -3.30. The van der Waals surface area contributed by atoms with Gasteiger partial charge < -0.3 is 4.74 Å². The van der Waals surface area contributed by atoms with E-state index in [1.165, 1.54) is 0 Å². The van der Waals surface area contributed by atoms with E-state index in [0.29, 0.717) is 18.2 Å². The number of nitrogens with one attached hydrogen (secondary N) is 1. The lowest BCUT2D eigenvalue weighted by molar-refractivity contribution is 0.0832. The molecule has 100 valence electrons. The van der Waals surface area contributed by atoms with Gasteiger partial charge in [0.05, 0.1) is 5.75 Å². The molecular weight excluding hydrogens is 274 g/mol. The van der Waals surface area contributed by atoms with Crippen LogP contribution < -0.4 is 4.72 Å². The fraction of sp³-hybridized carbons (Fsp3) is 0.500. The van der Waals surface area contributed by atoms with Gasteiger partial charge >= 0.3 is 0 Å². The van der Waals surface area contributed by atoms with E-state index in [9.17, 15) is 8.42 Å². The molecular formula is C12H16ClNO3S. The summed E-state index contributed by atoms with van der Waals surface area (Å²) in [5, 5.41) is 0.605. The van der Waals surface area contributed by atoms with Gasteiger partial charge in [0.1, 0.15) is 0 Å². The first-order valence-corrected chi connectivity index (χ1v) is 7.90. The second-order valence-electron chi connectivity index (χ2n) is 4.39. The van der Waals surface area contributed by atoms with E-state index in [1.54, 1.807) is 24.3 Å². The van der Waals surface area contributed by atoms with Gasteiger partial charge in [-0.25, -0.2) is 13.1 Å². The second-order valence-corrected chi connectivity index (χ2v) is 6.58. The largest absolute Gasteiger partial charge is 0.381 e. The monoisotopic (exact) mass is 289 g/mol. The quantitative estimate of drug-likeness (QED) is 0.921. The van der Waals surface area contributed by atoms with Crippen LogP contribution in [0.1, 0.15) is 18.4 Å². The van der Waals surface area contributed by atoms with Gasteiger partial charge in [-0.1, -0.05) is 23.7 Å². The summed E-state index contributed by atoms with van der Waals surface area (Å²) in [4.78, 5) is 0. The average molecular weight is 290 g/mol. The number of halogens is 1. The topological polar surface area (TPSA) is 55.4 Å². The van der Waals surface area contributed by atoms with Gasteiger partial charge in [-0.3, -0.25) is 0 Å². The Morgan fingerprint density at radius 1 is 1.22 bits per heavy atom. The number of rotatable bonds is 4. The molecule has 1 fully saturated rings. The molecule has 0 aromatic heterocycles. The van der Waals surface area contributed by atoms with Crippen molar-refractivity contribution in [3.8, 4) is 0 Å². The second kappa shape index (κ2) is 6.02. The standard InChI is InChI=1S/C12H16ClNO3S/c13-11-3-1-10(2-4-11)9-18(15,16)14-12-5-7-17-8-6-12/h1-4,12,14H,5-9H2. The van der Waals surface area contributed by atoms with Crippen molar-refractivity contribution < 1.29 is 13.2 Å². The van der Waals surface area contributed by atoms with E-state index in [1.807, 2.05) is 0 Å². The summed E-state index contributed by atoms with van der Waals surface area (Å²) >= 11 is 5.76. The van der Waals surface area contributed by atoms with Crippen LogP contribution in [0.15, 0.2) is 24.3 Å². The van der Waals surface area contributed by atoms with Crippen molar-refractivity contribution in [1.29, 1.82) is 0 Å². The van der Waals surface area contributed by atoms with Crippen LogP contribution in [0.2, 0.25) is 5.02 Å². The van der Waals surface area contributed by atoms with Crippen LogP contribution in [0.5, 0.6) is 0 Å². The molecule has 0 bridgehead atoms. The minimum absolute atomic E-state index is 0.00366. The predicted molar refractivity (Wildman–Crippen MR) is 71.1 cm³/mol. The first-order valence-electron chi connectivity index (χ1n) is 5.87. The molecule has 1 N–H and O–H groups in total. The SMILES string of the molecule is O=S(=O)(Cc1ccc(Cl)cc1)NC1CCOCC1. The fourth-order valence-corrected chi connectivity index (χ4v) is 3.50. The highest BCUT2D eigenvalue weighted by Crippen LogP contribution is 2.13. The lowest BCUT2D eigenvalue weighted by Crippen LogP contribution is -2.39. The molecule has 6 heteroatoms. The smallest absolute Gasteiger partial charge is 0.216 e. The Bertz CT molecular complexity index is 481. The molecule has 0 radical (unpaired) electrons. The molecule has 1 heterocycles. The molecule has 4 nitrogen and oxygen atoms in total. The van der Waals surface area contributed by atoms with Crippen molar-refractivity contribution in [2.75, 3.05) is 13.2 Å². The Morgan fingerprint density at radius 2 is 1.83 bits per heavy atom. The lowest BCUT2D eigenvalue weighted by atomic mass is 10.1. The maximum atomic E-state index is 12.0. The molecule has 1 aromatic carbocycles. The molecule has 1 aliphatic heterocycles. The third-order valence-corrected chi connectivity index (χ3v) is 4.50. The van der Waals surface area contributed by atoms with Gasteiger partial charge in [0.2, 0.25) is 10.0 Å². The predicted octanol–water partition coefficient (Wildman–Crippen LogP) is 1.94. The van der Waals surface area contributed by atoms with E-state index < -0.39 is 10.0 Å². The number of sulfonamides is 1. The molecule has 2 rings (SSSR count). The van der Waals surface area contributed by atoms with Crippen LogP contribution >= 0.6 is 11.6 Å². The highest BCUT2D eigenvalue weighted by molar-refractivity contribution is 7.88. The highest BCUT2D eigenvalue weighted by Gasteiger charge is 2.20. The summed E-state index contributed by atoms with van der Waals surface area (Å²) < 4.78 is 31.9. The van der Waals surface area contributed by atoms with Crippen LogP contribution in [0.25, 0.3) is 0 Å². The van der Waals surface area contributed by atoms with Crippen molar-refractivity contribution in [1.82, 2.24) is 4.72 Å². The minimum Gasteiger partial charge on any atom is -0.381 e. The summed E-state index contributed by atoms with van der Waals surface area (Å²) in [6.45, 7) is 1.24. The summed E-state index contributed by atoms with van der Waals surface area (Å²) in [5.41, 5.74) is 0.735. The summed E-state index contributed by atoms with van der Waals surface area (Å²) in [6.07, 6.45) is 1.47. The van der Waals surface area contributed by atoms with Crippen LogP contribution in [-0.4, -0.2) is 27.7 Å². The first kappa shape index (κ1) is 13.8. The van der Waals surface area contributed by atoms with E-state index in [0.717, 1.165) is 18.4 Å². The van der Waals surface area contributed by atoms with Crippen molar-refractivity contribution in [2.24, 2.45) is 0 Å². The van der Waals surface area contributed by atoms with Gasteiger partial charge in [-0.15, -0.1) is 0 Å². The van der Waals surface area contributed by atoms with Crippen LogP contribution in [0, 0.1) is 0 Å². The van der Waals surface area contributed by atoms with Crippen LogP contribution in [0.4, 0.5) is 0 Å². The number of hydrogen-bond donors (Lipinski definition) is 1. The van der Waals surface area contributed by atoms with E-state index in [-0.39, 0.29) is 11.8 Å². The number of hydrogen-bond acceptors (Lipinski definition) is 3. The molecule has 0 saturated carbocycles. The zero-order valence-electron chi connectivity index (χ0n) is 9.93. The highest BCUT2D eigenvalue weighted by atomic mass is 35.5. The van der Waals surface area contributed by atoms with E-state index in [4.69, 9.17) is 16.3 Å². The van der Waals surface area contributed by atoms with Crippen LogP contribution in [-0.2, 0) is 20.5 Å². The Morgan fingerprint density at radius 3 is 2.44 bits per heavy atom. The lowest BCUT2D eigenvalue weighted by Gasteiger charge is -2.22. The molecule has 18 heavy (non-hydrogen) atoms. The summed E-state index contributed by atoms with van der Waals surface area (Å²) in [6, 6.07) is 6.84. The average Bonchev–Trinajstić information content (AvgIpc) is 2.32. The molecule has 0 unspecified atom stereocenters. The van der Waals surface area contributed by atoms with Crippen molar-refractivity contribution in [3.63, 3.8) is 0 Å². The van der Waals surface area contributed by atoms with Gasteiger partial charge in [0.15, 0.2) is 0 Å². The Balaban J connectivity index is 1.96. The normalized spacial score (nSPS) is 17.8. The van der Waals surface area contributed by atoms with Gasteiger partial charge in [-0.05, 0) is 30.5 Å². The van der Waals surface area contributed by atoms with Crippen LogP contribution in [0.3, 0.4) is 0 Å². The third kappa shape index (κ3) is 4.24. The van der Waals surface area contributed by atoms with Crippen molar-refractivity contribution >= 4 is 21.6 Å². The molecule has 1 saturated heterocycles. The fourth-order valence-electron chi connectivity index (χ4n) is 1.91. The third-order valence-electron chi connectivity index (χ3n) is 2.84. The molecule has 1 aromatic rings. The Hall–Kier alpha value is -0.620. The molecule has 1 aliphatic rings. The van der Waals surface area contributed by atoms with Gasteiger partial charge in [0.25, 0.3) is 0 Å².